The van der Waals surface area contributed by atoms with Crippen molar-refractivity contribution in [1.29, 1.82) is 0 Å². The van der Waals surface area contributed by atoms with Crippen molar-refractivity contribution in [3.05, 3.63) is 120 Å². The van der Waals surface area contributed by atoms with Crippen molar-refractivity contribution in [1.82, 2.24) is 9.55 Å². The highest BCUT2D eigenvalue weighted by molar-refractivity contribution is 5.99. The van der Waals surface area contributed by atoms with E-state index in [0.717, 1.165) is 57.9 Å². The van der Waals surface area contributed by atoms with Crippen LogP contribution in [0.4, 0.5) is 16.2 Å². The predicted octanol–water partition coefficient (Wildman–Crippen LogP) is 7.07. The Labute approximate surface area is 205 Å². The van der Waals surface area contributed by atoms with Crippen molar-refractivity contribution in [2.45, 2.75) is 26.7 Å². The highest BCUT2D eigenvalue weighted by Crippen LogP contribution is 2.23. The van der Waals surface area contributed by atoms with E-state index in [9.17, 15) is 4.79 Å². The molecule has 4 aromatic carbocycles. The van der Waals surface area contributed by atoms with Gasteiger partial charge in [0, 0.05) is 23.5 Å². The fourth-order valence-electron chi connectivity index (χ4n) is 4.46. The third-order valence-corrected chi connectivity index (χ3v) is 5.97. The monoisotopic (exact) mass is 460 g/mol. The van der Waals surface area contributed by atoms with Gasteiger partial charge in [-0.3, -0.25) is 4.57 Å². The minimum absolute atomic E-state index is 0.251. The predicted molar refractivity (Wildman–Crippen MR) is 143 cm³/mol. The van der Waals surface area contributed by atoms with Gasteiger partial charge in [-0.05, 0) is 85.5 Å². The van der Waals surface area contributed by atoms with Crippen LogP contribution in [0.2, 0.25) is 0 Å². The lowest BCUT2D eigenvalue weighted by Gasteiger charge is -2.11. The number of fused-ring (bicyclic) bond motifs is 1. The lowest BCUT2D eigenvalue weighted by atomic mass is 10.1. The first-order valence-electron chi connectivity index (χ1n) is 11.8. The molecule has 2 N–H and O–H groups in total. The number of anilines is 2. The Morgan fingerprint density at radius 2 is 1.40 bits per heavy atom. The Balaban J connectivity index is 1.26. The number of amides is 2. The van der Waals surface area contributed by atoms with E-state index >= 15 is 0 Å². The second-order valence-electron chi connectivity index (χ2n) is 8.84. The average molecular weight is 461 g/mol. The molecule has 5 nitrogen and oxygen atoms in total. The van der Waals surface area contributed by atoms with Gasteiger partial charge in [0.25, 0.3) is 0 Å². The maximum atomic E-state index is 12.4. The number of nitrogens with one attached hydrogen (secondary N) is 2. The highest BCUT2D eigenvalue weighted by Gasteiger charge is 2.12. The molecule has 35 heavy (non-hydrogen) atoms. The minimum atomic E-state index is -0.251. The number of urea groups is 1. The smallest absolute Gasteiger partial charge is 0.308 e. The van der Waals surface area contributed by atoms with Crippen molar-refractivity contribution in [2.75, 3.05) is 10.6 Å². The molecule has 5 rings (SSSR count). The second-order valence-corrected chi connectivity index (χ2v) is 8.84. The van der Waals surface area contributed by atoms with Gasteiger partial charge >= 0.3 is 6.03 Å². The highest BCUT2D eigenvalue weighted by atomic mass is 16.2. The maximum Gasteiger partial charge on any atom is 0.323 e. The second kappa shape index (κ2) is 9.85. The van der Waals surface area contributed by atoms with Crippen LogP contribution < -0.4 is 10.6 Å². The molecule has 0 radical (unpaired) electrons. The van der Waals surface area contributed by atoms with E-state index < -0.39 is 0 Å². The molecule has 1 aromatic heterocycles. The van der Waals surface area contributed by atoms with Gasteiger partial charge in [0.1, 0.15) is 5.82 Å². The minimum Gasteiger partial charge on any atom is -0.308 e. The van der Waals surface area contributed by atoms with Crippen molar-refractivity contribution >= 4 is 28.4 Å². The normalized spacial score (nSPS) is 10.9. The van der Waals surface area contributed by atoms with Crippen LogP contribution in [0, 0.1) is 13.8 Å². The Morgan fingerprint density at radius 1 is 0.743 bits per heavy atom. The van der Waals surface area contributed by atoms with E-state index in [1.54, 1.807) is 0 Å². The number of nitrogens with zero attached hydrogens (tertiary/aromatic N) is 2. The lowest BCUT2D eigenvalue weighted by molar-refractivity contribution is 0.262. The van der Waals surface area contributed by atoms with Crippen LogP contribution in [0.5, 0.6) is 0 Å². The molecule has 1 heterocycles. The zero-order valence-electron chi connectivity index (χ0n) is 20.0. The van der Waals surface area contributed by atoms with Crippen LogP contribution in [0.25, 0.3) is 16.7 Å². The number of aryl methyl sites for hydroxylation is 4. The van der Waals surface area contributed by atoms with Gasteiger partial charge in [0.05, 0.1) is 11.0 Å². The van der Waals surface area contributed by atoms with Crippen molar-refractivity contribution in [3.8, 4) is 5.69 Å². The summed E-state index contributed by atoms with van der Waals surface area (Å²) in [4.78, 5) is 17.3. The molecule has 0 fully saturated rings. The van der Waals surface area contributed by atoms with E-state index in [0.29, 0.717) is 0 Å². The summed E-state index contributed by atoms with van der Waals surface area (Å²) in [5, 5.41) is 5.82. The van der Waals surface area contributed by atoms with Gasteiger partial charge < -0.3 is 10.6 Å². The van der Waals surface area contributed by atoms with Gasteiger partial charge in [-0.25, -0.2) is 9.78 Å². The van der Waals surface area contributed by atoms with Crippen LogP contribution in [0.15, 0.2) is 97.1 Å². The molecule has 0 aliphatic heterocycles. The summed E-state index contributed by atoms with van der Waals surface area (Å²) >= 11 is 0. The van der Waals surface area contributed by atoms with Crippen molar-refractivity contribution in [3.63, 3.8) is 0 Å². The Hall–Kier alpha value is -4.38. The molecule has 0 saturated heterocycles. The average Bonchev–Trinajstić information content (AvgIpc) is 3.22. The Morgan fingerprint density at radius 3 is 2.14 bits per heavy atom. The van der Waals surface area contributed by atoms with E-state index in [-0.39, 0.29) is 6.03 Å². The van der Waals surface area contributed by atoms with E-state index in [2.05, 4.69) is 75.9 Å². The van der Waals surface area contributed by atoms with Crippen molar-refractivity contribution < 1.29 is 4.79 Å². The first-order valence-corrected chi connectivity index (χ1v) is 11.8. The third kappa shape index (κ3) is 5.25. The van der Waals surface area contributed by atoms with Gasteiger partial charge in [0.15, 0.2) is 0 Å². The first-order chi connectivity index (χ1) is 17.0. The summed E-state index contributed by atoms with van der Waals surface area (Å²) in [5.41, 5.74) is 8.20. The fourth-order valence-corrected chi connectivity index (χ4v) is 4.46. The number of hydrogen-bond acceptors (Lipinski definition) is 2. The third-order valence-electron chi connectivity index (χ3n) is 5.97. The van der Waals surface area contributed by atoms with Crippen LogP contribution in [-0.2, 0) is 12.8 Å². The number of carbonyl (C=O) groups is 1. The summed E-state index contributed by atoms with van der Waals surface area (Å²) in [6, 6.07) is 32.3. The van der Waals surface area contributed by atoms with Gasteiger partial charge in [0.2, 0.25) is 0 Å². The van der Waals surface area contributed by atoms with Gasteiger partial charge in [-0.1, -0.05) is 48.5 Å². The van der Waals surface area contributed by atoms with E-state index in [1.807, 2.05) is 50.2 Å². The number of carbonyl (C=O) groups excluding carboxylic acids is 1. The fraction of sp³-hybridized carbons (Fsp3) is 0.133. The van der Waals surface area contributed by atoms with Gasteiger partial charge in [-0.15, -0.1) is 0 Å². The first kappa shape index (κ1) is 22.4. The molecule has 2 amide bonds. The van der Waals surface area contributed by atoms with E-state index in [1.165, 1.54) is 5.56 Å². The number of benzene rings is 4. The van der Waals surface area contributed by atoms with Crippen molar-refractivity contribution in [2.24, 2.45) is 0 Å². The molecule has 0 aliphatic carbocycles. The molecule has 0 atom stereocenters. The van der Waals surface area contributed by atoms with Crippen LogP contribution >= 0.6 is 0 Å². The summed E-state index contributed by atoms with van der Waals surface area (Å²) in [6.07, 6.45) is 1.66. The SMILES string of the molecule is Cc1cc(C)cc(NC(=O)Nc2ccc(CCc3nc4ccccc4n3-c3ccccc3)cc2)c1. The quantitative estimate of drug-likeness (QED) is 0.285. The van der Waals surface area contributed by atoms with Crippen LogP contribution in [0.3, 0.4) is 0 Å². The molecule has 5 heteroatoms. The molecule has 0 saturated carbocycles. The molecule has 0 aliphatic rings. The zero-order chi connectivity index (χ0) is 24.2. The summed E-state index contributed by atoms with van der Waals surface area (Å²) in [7, 11) is 0. The molecular formula is C30H28N4O. The summed E-state index contributed by atoms with van der Waals surface area (Å²) in [5.74, 6) is 1.03. The number of hydrogen-bond donors (Lipinski definition) is 2. The van der Waals surface area contributed by atoms with Crippen LogP contribution in [0.1, 0.15) is 22.5 Å². The molecule has 0 spiro atoms. The summed E-state index contributed by atoms with van der Waals surface area (Å²) < 4.78 is 2.24. The number of rotatable bonds is 6. The zero-order valence-corrected chi connectivity index (χ0v) is 20.0. The molecule has 0 unspecified atom stereocenters. The molecule has 0 bridgehead atoms. The Kier molecular flexibility index (Phi) is 6.31. The standard InChI is InChI=1S/C30H28N4O/c1-21-18-22(2)20-25(19-21)32-30(35)31-24-15-12-23(13-16-24)14-17-29-33-27-10-6-7-11-28(27)34(29)26-8-4-3-5-9-26/h3-13,15-16,18-20H,14,17H2,1-2H3,(H2,31,32,35). The Bertz CT molecular complexity index is 1450. The van der Waals surface area contributed by atoms with Crippen LogP contribution in [-0.4, -0.2) is 15.6 Å². The maximum absolute atomic E-state index is 12.4. The lowest BCUT2D eigenvalue weighted by Crippen LogP contribution is -2.19. The van der Waals surface area contributed by atoms with Gasteiger partial charge in [-0.2, -0.15) is 0 Å². The summed E-state index contributed by atoms with van der Waals surface area (Å²) in [6.45, 7) is 4.04. The number of para-hydroxylation sites is 3. The topological polar surface area (TPSA) is 59.0 Å². The number of imidazole rings is 1. The largest absolute Gasteiger partial charge is 0.323 e. The number of aromatic nitrogens is 2. The molecule has 5 aromatic rings. The molecule has 174 valence electrons. The molecular weight excluding hydrogens is 432 g/mol. The van der Waals surface area contributed by atoms with E-state index in [4.69, 9.17) is 4.98 Å².